The molecule has 0 spiro atoms. The standard InChI is InChI=1S/C7H16N2O3S/c1-4-5-8-13(11,12)9-7(10)6(2)3/h6,8H,4-5H2,1-3H3,(H,9,10). The van der Waals surface area contributed by atoms with Crippen LogP contribution >= 0.6 is 0 Å². The SMILES string of the molecule is CCCNS(=O)(=O)NC(=O)C(C)C. The normalized spacial score (nSPS) is 11.7. The third-order valence-electron chi connectivity index (χ3n) is 1.30. The van der Waals surface area contributed by atoms with Gasteiger partial charge in [-0.25, -0.2) is 4.72 Å². The minimum absolute atomic E-state index is 0.334. The number of amides is 1. The zero-order chi connectivity index (χ0) is 10.5. The van der Waals surface area contributed by atoms with Crippen molar-refractivity contribution in [3.8, 4) is 0 Å². The van der Waals surface area contributed by atoms with E-state index in [1.165, 1.54) is 0 Å². The van der Waals surface area contributed by atoms with Gasteiger partial charge in [0, 0.05) is 12.5 Å². The lowest BCUT2D eigenvalue weighted by molar-refractivity contribution is -0.122. The predicted octanol–water partition coefficient (Wildman–Crippen LogP) is 0.00300. The summed E-state index contributed by atoms with van der Waals surface area (Å²) in [5.74, 6) is -0.832. The molecule has 0 aromatic carbocycles. The van der Waals surface area contributed by atoms with Crippen LogP contribution in [0.2, 0.25) is 0 Å². The molecule has 0 saturated heterocycles. The van der Waals surface area contributed by atoms with Crippen molar-refractivity contribution in [1.29, 1.82) is 0 Å². The second kappa shape index (κ2) is 5.18. The molecule has 5 nitrogen and oxygen atoms in total. The molecule has 0 aromatic rings. The molecule has 78 valence electrons. The van der Waals surface area contributed by atoms with E-state index in [2.05, 4.69) is 4.72 Å². The van der Waals surface area contributed by atoms with Crippen LogP contribution in [-0.2, 0) is 15.0 Å². The zero-order valence-electron chi connectivity index (χ0n) is 8.12. The van der Waals surface area contributed by atoms with Crippen molar-refractivity contribution in [1.82, 2.24) is 9.44 Å². The van der Waals surface area contributed by atoms with E-state index < -0.39 is 16.1 Å². The number of rotatable bonds is 5. The molecule has 0 fully saturated rings. The molecule has 0 aliphatic rings. The van der Waals surface area contributed by atoms with Crippen LogP contribution in [0.25, 0.3) is 0 Å². The molecule has 0 bridgehead atoms. The summed E-state index contributed by atoms with van der Waals surface area (Å²) in [7, 11) is -3.64. The maximum absolute atomic E-state index is 11.1. The minimum Gasteiger partial charge on any atom is -0.274 e. The van der Waals surface area contributed by atoms with Gasteiger partial charge in [-0.15, -0.1) is 0 Å². The molecule has 13 heavy (non-hydrogen) atoms. The highest BCUT2D eigenvalue weighted by Crippen LogP contribution is 1.91. The average Bonchev–Trinajstić information content (AvgIpc) is 2.00. The summed E-state index contributed by atoms with van der Waals surface area (Å²) >= 11 is 0. The molecule has 1 amide bonds. The largest absolute Gasteiger partial charge is 0.301 e. The number of carbonyl (C=O) groups excluding carboxylic acids is 1. The number of hydrogen-bond acceptors (Lipinski definition) is 3. The van der Waals surface area contributed by atoms with Gasteiger partial charge < -0.3 is 0 Å². The second-order valence-corrected chi connectivity index (χ2v) is 4.52. The van der Waals surface area contributed by atoms with Crippen LogP contribution in [0, 0.1) is 5.92 Å². The van der Waals surface area contributed by atoms with Gasteiger partial charge in [0.1, 0.15) is 0 Å². The predicted molar refractivity (Wildman–Crippen MR) is 50.2 cm³/mol. The number of hydrogen-bond donors (Lipinski definition) is 2. The molecule has 0 aromatic heterocycles. The van der Waals surface area contributed by atoms with Crippen LogP contribution in [0.4, 0.5) is 0 Å². The van der Waals surface area contributed by atoms with Gasteiger partial charge in [0.2, 0.25) is 5.91 Å². The van der Waals surface area contributed by atoms with Gasteiger partial charge in [-0.3, -0.25) is 4.79 Å². The van der Waals surface area contributed by atoms with Crippen LogP contribution in [0.1, 0.15) is 27.2 Å². The lowest BCUT2D eigenvalue weighted by Gasteiger charge is -2.08. The highest BCUT2D eigenvalue weighted by atomic mass is 32.2. The number of nitrogens with one attached hydrogen (secondary N) is 2. The third kappa shape index (κ3) is 5.59. The third-order valence-corrected chi connectivity index (χ3v) is 2.36. The Bertz CT molecular complexity index is 259. The molecule has 6 heteroatoms. The summed E-state index contributed by atoms with van der Waals surface area (Å²) < 4.78 is 26.3. The van der Waals surface area contributed by atoms with E-state index in [1.54, 1.807) is 13.8 Å². The highest BCUT2D eigenvalue weighted by molar-refractivity contribution is 7.88. The van der Waals surface area contributed by atoms with E-state index in [0.29, 0.717) is 13.0 Å². The summed E-state index contributed by atoms with van der Waals surface area (Å²) in [5, 5.41) is 0. The molecule has 0 heterocycles. The number of carbonyl (C=O) groups is 1. The van der Waals surface area contributed by atoms with Gasteiger partial charge in [-0.05, 0) is 6.42 Å². The van der Waals surface area contributed by atoms with Crippen molar-refractivity contribution in [2.24, 2.45) is 5.92 Å². The maximum Gasteiger partial charge on any atom is 0.301 e. The van der Waals surface area contributed by atoms with Crippen molar-refractivity contribution >= 4 is 16.1 Å². The molecule has 0 aliphatic carbocycles. The first-order valence-corrected chi connectivity index (χ1v) is 5.68. The van der Waals surface area contributed by atoms with Gasteiger partial charge in [-0.2, -0.15) is 13.1 Å². The maximum atomic E-state index is 11.1. The van der Waals surface area contributed by atoms with Gasteiger partial charge in [-0.1, -0.05) is 20.8 Å². The summed E-state index contributed by atoms with van der Waals surface area (Å²) in [5.41, 5.74) is 0. The smallest absolute Gasteiger partial charge is 0.274 e. The van der Waals surface area contributed by atoms with Crippen molar-refractivity contribution in [3.63, 3.8) is 0 Å². The first-order chi connectivity index (χ1) is 5.89. The van der Waals surface area contributed by atoms with Gasteiger partial charge in [0.25, 0.3) is 0 Å². The van der Waals surface area contributed by atoms with E-state index in [9.17, 15) is 13.2 Å². The molecule has 0 rings (SSSR count). The van der Waals surface area contributed by atoms with E-state index in [4.69, 9.17) is 0 Å². The Kier molecular flexibility index (Phi) is 4.94. The lowest BCUT2D eigenvalue weighted by Crippen LogP contribution is -2.42. The quantitative estimate of drug-likeness (QED) is 0.668. The van der Waals surface area contributed by atoms with Gasteiger partial charge in [0.15, 0.2) is 0 Å². The summed E-state index contributed by atoms with van der Waals surface area (Å²) in [6, 6.07) is 0. The molecule has 0 atom stereocenters. The van der Waals surface area contributed by atoms with Crippen LogP contribution in [0.15, 0.2) is 0 Å². The molecule has 0 unspecified atom stereocenters. The Morgan fingerprint density at radius 3 is 2.31 bits per heavy atom. The van der Waals surface area contributed by atoms with E-state index in [1.807, 2.05) is 11.6 Å². The van der Waals surface area contributed by atoms with E-state index >= 15 is 0 Å². The van der Waals surface area contributed by atoms with Crippen molar-refractivity contribution in [2.75, 3.05) is 6.54 Å². The van der Waals surface area contributed by atoms with Crippen molar-refractivity contribution in [3.05, 3.63) is 0 Å². The Labute approximate surface area is 79.1 Å². The van der Waals surface area contributed by atoms with Crippen molar-refractivity contribution < 1.29 is 13.2 Å². The molecular formula is C7H16N2O3S. The van der Waals surface area contributed by atoms with E-state index in [0.717, 1.165) is 0 Å². The second-order valence-electron chi connectivity index (χ2n) is 3.02. The zero-order valence-corrected chi connectivity index (χ0v) is 8.94. The summed E-state index contributed by atoms with van der Waals surface area (Å²) in [4.78, 5) is 11.0. The van der Waals surface area contributed by atoms with Crippen LogP contribution in [0.5, 0.6) is 0 Å². The molecule has 0 radical (unpaired) electrons. The van der Waals surface area contributed by atoms with Crippen LogP contribution in [-0.4, -0.2) is 20.9 Å². The van der Waals surface area contributed by atoms with E-state index in [-0.39, 0.29) is 5.92 Å². The first kappa shape index (κ1) is 12.4. The Morgan fingerprint density at radius 2 is 1.92 bits per heavy atom. The monoisotopic (exact) mass is 208 g/mol. The topological polar surface area (TPSA) is 75.3 Å². The Hall–Kier alpha value is -0.620. The lowest BCUT2D eigenvalue weighted by atomic mass is 10.2. The Balaban J connectivity index is 4.11. The van der Waals surface area contributed by atoms with Crippen molar-refractivity contribution in [2.45, 2.75) is 27.2 Å². The highest BCUT2D eigenvalue weighted by Gasteiger charge is 2.15. The Morgan fingerprint density at radius 1 is 1.38 bits per heavy atom. The fraction of sp³-hybridized carbons (Fsp3) is 0.857. The molecule has 0 aliphatic heterocycles. The first-order valence-electron chi connectivity index (χ1n) is 4.20. The average molecular weight is 208 g/mol. The van der Waals surface area contributed by atoms with Gasteiger partial charge >= 0.3 is 10.2 Å². The van der Waals surface area contributed by atoms with Crippen LogP contribution < -0.4 is 9.44 Å². The summed E-state index contributed by atoms with van der Waals surface area (Å²) in [6.45, 7) is 5.43. The molecule has 2 N–H and O–H groups in total. The molecular weight excluding hydrogens is 192 g/mol. The fourth-order valence-corrected chi connectivity index (χ4v) is 1.57. The molecule has 0 saturated carbocycles. The van der Waals surface area contributed by atoms with Gasteiger partial charge in [0.05, 0.1) is 0 Å². The fourth-order valence-electron chi connectivity index (χ4n) is 0.523. The summed E-state index contributed by atoms with van der Waals surface area (Å²) in [6.07, 6.45) is 0.691. The van der Waals surface area contributed by atoms with Crippen LogP contribution in [0.3, 0.4) is 0 Å². The minimum atomic E-state index is -3.64.